The van der Waals surface area contributed by atoms with Gasteiger partial charge in [-0.15, -0.1) is 0 Å². The zero-order valence-corrected chi connectivity index (χ0v) is 14.6. The van der Waals surface area contributed by atoms with E-state index in [0.717, 1.165) is 16.5 Å². The fourth-order valence-electron chi connectivity index (χ4n) is 2.81. The number of nitrogens with zero attached hydrogens (tertiary/aromatic N) is 1. The normalized spacial score (nSPS) is 10.7. The van der Waals surface area contributed by atoms with Gasteiger partial charge in [-0.2, -0.15) is 0 Å². The molecule has 0 aliphatic rings. The number of benzene rings is 2. The number of carbonyl (C=O) groups excluding carboxylic acids is 2. The first kappa shape index (κ1) is 17.0. The number of ether oxygens (including phenoxy) is 1. The van der Waals surface area contributed by atoms with Gasteiger partial charge in [-0.25, -0.2) is 4.79 Å². The summed E-state index contributed by atoms with van der Waals surface area (Å²) in [6.45, 7) is 0. The second-order valence-corrected chi connectivity index (χ2v) is 6.10. The van der Waals surface area contributed by atoms with E-state index < -0.39 is 5.97 Å². The highest BCUT2D eigenvalue weighted by atomic mass is 35.5. The summed E-state index contributed by atoms with van der Waals surface area (Å²) in [6.07, 6.45) is 2.18. The second kappa shape index (κ2) is 6.99. The number of halogens is 1. The van der Waals surface area contributed by atoms with Gasteiger partial charge in [-0.3, -0.25) is 4.79 Å². The van der Waals surface area contributed by atoms with Gasteiger partial charge in [0.1, 0.15) is 0 Å². The number of aryl methyl sites for hydroxylation is 1. The van der Waals surface area contributed by atoms with Crippen molar-refractivity contribution in [1.29, 1.82) is 0 Å². The number of rotatable bonds is 4. The zero-order valence-electron chi connectivity index (χ0n) is 13.9. The van der Waals surface area contributed by atoms with Gasteiger partial charge in [0.15, 0.2) is 0 Å². The Morgan fingerprint density at radius 2 is 1.96 bits per heavy atom. The summed E-state index contributed by atoms with van der Waals surface area (Å²) in [5.74, 6) is -0.718. The first-order valence-electron chi connectivity index (χ1n) is 7.70. The van der Waals surface area contributed by atoms with E-state index in [9.17, 15) is 9.59 Å². The number of esters is 1. The Balaban J connectivity index is 1.80. The number of amides is 1. The molecule has 1 N–H and O–H groups in total. The molecule has 0 saturated heterocycles. The SMILES string of the molecule is COC(=O)c1cc(NC(=O)Cc2cn(C)c3ccccc23)ccc1Cl. The third-order valence-electron chi connectivity index (χ3n) is 3.99. The average molecular weight is 357 g/mol. The fraction of sp³-hybridized carbons (Fsp3) is 0.158. The van der Waals surface area contributed by atoms with Crippen molar-refractivity contribution in [2.75, 3.05) is 12.4 Å². The molecule has 0 aliphatic carbocycles. The van der Waals surface area contributed by atoms with Crippen molar-refractivity contribution >= 4 is 40.1 Å². The molecule has 2 aromatic carbocycles. The molecular formula is C19H17ClN2O3. The van der Waals surface area contributed by atoms with Crippen LogP contribution in [0.4, 0.5) is 5.69 Å². The van der Waals surface area contributed by atoms with E-state index in [1.165, 1.54) is 13.2 Å². The largest absolute Gasteiger partial charge is 0.465 e. The van der Waals surface area contributed by atoms with E-state index in [0.29, 0.717) is 5.69 Å². The molecule has 0 aliphatic heterocycles. The Morgan fingerprint density at radius 1 is 1.20 bits per heavy atom. The predicted molar refractivity (Wildman–Crippen MR) is 98.0 cm³/mol. The predicted octanol–water partition coefficient (Wildman–Crippen LogP) is 3.80. The number of fused-ring (bicyclic) bond motifs is 1. The Kier molecular flexibility index (Phi) is 4.76. The first-order valence-corrected chi connectivity index (χ1v) is 8.08. The highest BCUT2D eigenvalue weighted by Crippen LogP contribution is 2.23. The lowest BCUT2D eigenvalue weighted by atomic mass is 10.1. The molecule has 3 rings (SSSR count). The van der Waals surface area contributed by atoms with E-state index in [4.69, 9.17) is 11.6 Å². The summed E-state index contributed by atoms with van der Waals surface area (Å²) in [5, 5.41) is 4.12. The molecule has 0 unspecified atom stereocenters. The molecule has 6 heteroatoms. The topological polar surface area (TPSA) is 60.3 Å². The number of nitrogens with one attached hydrogen (secondary N) is 1. The molecule has 5 nitrogen and oxygen atoms in total. The standard InChI is InChI=1S/C19H17ClN2O3/c1-22-11-12(14-5-3-4-6-17(14)22)9-18(23)21-13-7-8-16(20)15(10-13)19(24)25-2/h3-8,10-11H,9H2,1-2H3,(H,21,23). The summed E-state index contributed by atoms with van der Waals surface area (Å²) in [6, 6.07) is 12.6. The van der Waals surface area contributed by atoms with E-state index in [2.05, 4.69) is 10.1 Å². The third kappa shape index (κ3) is 3.51. The number of methoxy groups -OCH3 is 1. The summed E-state index contributed by atoms with van der Waals surface area (Å²) >= 11 is 5.99. The number of para-hydroxylation sites is 1. The minimum absolute atomic E-state index is 0.172. The molecule has 1 amide bonds. The van der Waals surface area contributed by atoms with Crippen molar-refractivity contribution in [3.05, 3.63) is 64.8 Å². The van der Waals surface area contributed by atoms with Crippen molar-refractivity contribution < 1.29 is 14.3 Å². The molecule has 128 valence electrons. The maximum atomic E-state index is 12.4. The summed E-state index contributed by atoms with van der Waals surface area (Å²) in [7, 11) is 3.23. The highest BCUT2D eigenvalue weighted by molar-refractivity contribution is 6.33. The molecule has 0 radical (unpaired) electrons. The van der Waals surface area contributed by atoms with Crippen molar-refractivity contribution in [2.24, 2.45) is 7.05 Å². The van der Waals surface area contributed by atoms with Crippen LogP contribution in [0.2, 0.25) is 5.02 Å². The van der Waals surface area contributed by atoms with Crippen LogP contribution in [0, 0.1) is 0 Å². The Morgan fingerprint density at radius 3 is 2.72 bits per heavy atom. The van der Waals surface area contributed by atoms with Crippen molar-refractivity contribution in [2.45, 2.75) is 6.42 Å². The minimum atomic E-state index is -0.546. The van der Waals surface area contributed by atoms with Crippen LogP contribution in [-0.4, -0.2) is 23.6 Å². The van der Waals surface area contributed by atoms with Crippen molar-refractivity contribution in [3.8, 4) is 0 Å². The van der Waals surface area contributed by atoms with Gasteiger partial charge in [0.05, 0.1) is 24.1 Å². The molecule has 3 aromatic rings. The Bertz CT molecular complexity index is 962. The van der Waals surface area contributed by atoms with E-state index in [1.54, 1.807) is 12.1 Å². The smallest absolute Gasteiger partial charge is 0.339 e. The van der Waals surface area contributed by atoms with E-state index in [1.807, 2.05) is 42.1 Å². The van der Waals surface area contributed by atoms with Crippen LogP contribution in [0.25, 0.3) is 10.9 Å². The molecule has 1 aromatic heterocycles. The van der Waals surface area contributed by atoms with E-state index in [-0.39, 0.29) is 22.9 Å². The zero-order chi connectivity index (χ0) is 18.0. The van der Waals surface area contributed by atoms with Gasteiger partial charge >= 0.3 is 5.97 Å². The number of carbonyl (C=O) groups is 2. The summed E-state index contributed by atoms with van der Waals surface area (Å²) in [4.78, 5) is 24.1. The maximum Gasteiger partial charge on any atom is 0.339 e. The molecule has 0 saturated carbocycles. The average Bonchev–Trinajstić information content (AvgIpc) is 2.92. The van der Waals surface area contributed by atoms with Crippen LogP contribution in [0.15, 0.2) is 48.7 Å². The van der Waals surface area contributed by atoms with Gasteiger partial charge in [0.2, 0.25) is 5.91 Å². The summed E-state index contributed by atoms with van der Waals surface area (Å²) < 4.78 is 6.68. The van der Waals surface area contributed by atoms with Gasteiger partial charge in [-0.05, 0) is 29.8 Å². The fourth-order valence-corrected chi connectivity index (χ4v) is 3.01. The molecule has 25 heavy (non-hydrogen) atoms. The van der Waals surface area contributed by atoms with Crippen LogP contribution < -0.4 is 5.32 Å². The lowest BCUT2D eigenvalue weighted by molar-refractivity contribution is -0.115. The number of hydrogen-bond donors (Lipinski definition) is 1. The van der Waals surface area contributed by atoms with Crippen LogP contribution in [0.5, 0.6) is 0 Å². The lowest BCUT2D eigenvalue weighted by Crippen LogP contribution is -2.15. The lowest BCUT2D eigenvalue weighted by Gasteiger charge is -2.08. The Hall–Kier alpha value is -2.79. The first-order chi connectivity index (χ1) is 12.0. The van der Waals surface area contributed by atoms with E-state index >= 15 is 0 Å². The Labute approximate surface area is 150 Å². The van der Waals surface area contributed by atoms with Gasteiger partial charge in [-0.1, -0.05) is 29.8 Å². The second-order valence-electron chi connectivity index (χ2n) is 5.69. The summed E-state index contributed by atoms with van der Waals surface area (Å²) in [5.41, 5.74) is 2.73. The van der Waals surface area contributed by atoms with Gasteiger partial charge < -0.3 is 14.6 Å². The molecule has 0 fully saturated rings. The van der Waals surface area contributed by atoms with Crippen molar-refractivity contribution in [1.82, 2.24) is 4.57 Å². The monoisotopic (exact) mass is 356 g/mol. The molecule has 0 bridgehead atoms. The van der Waals surface area contributed by atoms with Crippen molar-refractivity contribution in [3.63, 3.8) is 0 Å². The molecule has 0 atom stereocenters. The number of hydrogen-bond acceptors (Lipinski definition) is 3. The molecular weight excluding hydrogens is 340 g/mol. The maximum absolute atomic E-state index is 12.4. The quantitative estimate of drug-likeness (QED) is 0.723. The molecule has 0 spiro atoms. The van der Waals surface area contributed by atoms with Crippen LogP contribution in [0.1, 0.15) is 15.9 Å². The third-order valence-corrected chi connectivity index (χ3v) is 4.32. The highest BCUT2D eigenvalue weighted by Gasteiger charge is 2.14. The van der Waals surface area contributed by atoms with Crippen LogP contribution >= 0.6 is 11.6 Å². The van der Waals surface area contributed by atoms with Gasteiger partial charge in [0, 0.05) is 29.8 Å². The minimum Gasteiger partial charge on any atom is -0.465 e. The van der Waals surface area contributed by atoms with Gasteiger partial charge in [0.25, 0.3) is 0 Å². The number of anilines is 1. The molecule has 1 heterocycles. The van der Waals surface area contributed by atoms with Crippen LogP contribution in [-0.2, 0) is 23.0 Å². The number of aromatic nitrogens is 1. The van der Waals surface area contributed by atoms with Crippen LogP contribution in [0.3, 0.4) is 0 Å².